The Morgan fingerprint density at radius 1 is 0.577 bits per heavy atom. The van der Waals surface area contributed by atoms with Gasteiger partial charge in [-0.1, -0.05) is 34.6 Å². The van der Waals surface area contributed by atoms with Crippen LogP contribution in [0.3, 0.4) is 0 Å². The molecule has 2 aromatic carbocycles. The molecular formula is C24H40SiTh-8. The van der Waals surface area contributed by atoms with Gasteiger partial charge in [-0.2, -0.15) is 27.8 Å². The van der Waals surface area contributed by atoms with Gasteiger partial charge in [-0.05, 0) is 0 Å². The Labute approximate surface area is 197 Å². The first-order valence-corrected chi connectivity index (χ1v) is 12.6. The van der Waals surface area contributed by atoms with Crippen LogP contribution in [-0.2, 0) is 0 Å². The van der Waals surface area contributed by atoms with Crippen LogP contribution in [0.4, 0.5) is 0 Å². The van der Waals surface area contributed by atoms with E-state index in [0.29, 0.717) is 0 Å². The van der Waals surface area contributed by atoms with Crippen molar-refractivity contribution in [3.05, 3.63) is 68.7 Å². The molecule has 0 aliphatic heterocycles. The van der Waals surface area contributed by atoms with Crippen LogP contribution in [-0.4, -0.2) is 8.07 Å². The molecule has 0 unspecified atom stereocenters. The largest absolute Gasteiger partial charge is 0.731 e. The second kappa shape index (κ2) is 11.3. The summed E-state index contributed by atoms with van der Waals surface area (Å²) in [4.78, 5) is 0. The fourth-order valence-corrected chi connectivity index (χ4v) is 2.81. The van der Waals surface area contributed by atoms with Crippen molar-refractivity contribution >= 4 is 8.07 Å². The first kappa shape index (κ1) is 28.5. The maximum atomic E-state index is 3.80. The van der Waals surface area contributed by atoms with Gasteiger partial charge in [0.05, 0.1) is 0 Å². The first-order valence-electron chi connectivity index (χ1n) is 9.21. The van der Waals surface area contributed by atoms with E-state index in [4.69, 9.17) is 0 Å². The molecule has 0 heterocycles. The summed E-state index contributed by atoms with van der Waals surface area (Å²) < 4.78 is 0. The quantitative estimate of drug-likeness (QED) is 0.223. The van der Waals surface area contributed by atoms with Crippen LogP contribution in [0.15, 0.2) is 0 Å². The van der Waals surface area contributed by atoms with Gasteiger partial charge in [0.1, 0.15) is 0 Å². The van der Waals surface area contributed by atoms with Crippen LogP contribution in [0.5, 0.6) is 0 Å². The van der Waals surface area contributed by atoms with Crippen LogP contribution in [0.25, 0.3) is 0 Å². The third-order valence-corrected chi connectivity index (χ3v) is 5.62. The number of rotatable bonds is 0. The maximum absolute atomic E-state index is 3.80. The molecule has 2 heteroatoms. The van der Waals surface area contributed by atoms with Crippen molar-refractivity contribution in [2.45, 2.75) is 82.3 Å². The summed E-state index contributed by atoms with van der Waals surface area (Å²) in [6.07, 6.45) is 0. The zero-order chi connectivity index (χ0) is 20.3. The van der Waals surface area contributed by atoms with E-state index < -0.39 is 8.07 Å². The Balaban J connectivity index is 0. The molecule has 0 nitrogen and oxygen atoms in total. The van der Waals surface area contributed by atoms with Crippen LogP contribution in [0.2, 0.25) is 13.1 Å². The number of hydrogen-bond acceptors (Lipinski definition) is 0. The molecule has 0 amide bonds. The normalized spacial score (nSPS) is 10.4. The molecule has 0 spiro atoms. The van der Waals surface area contributed by atoms with E-state index in [1.165, 1.54) is 55.6 Å². The molecule has 152 valence electrons. The summed E-state index contributed by atoms with van der Waals surface area (Å²) in [6, 6.07) is 0. The molecule has 0 fully saturated rings. The summed E-state index contributed by atoms with van der Waals surface area (Å²) in [7, 11) is -1.11. The van der Waals surface area contributed by atoms with E-state index in [2.05, 4.69) is 95.4 Å². The zero-order valence-electron chi connectivity index (χ0n) is 19.4. The number of hydrogen-bond donors (Lipinski definition) is 0. The predicted molar refractivity (Wildman–Crippen MR) is 120 cm³/mol. The zero-order valence-corrected chi connectivity index (χ0v) is 24.5. The molecule has 2 rings (SSSR count). The van der Waals surface area contributed by atoms with Crippen molar-refractivity contribution < 1.29 is 39.9 Å². The van der Waals surface area contributed by atoms with Gasteiger partial charge in [0, 0.05) is 39.9 Å². The van der Waals surface area contributed by atoms with Crippen molar-refractivity contribution in [2.75, 3.05) is 0 Å². The molecular weight excluding hydrogens is 548 g/mol. The molecule has 0 bridgehead atoms. The van der Waals surface area contributed by atoms with Gasteiger partial charge >= 0.3 is 0 Å². The van der Waals surface area contributed by atoms with Crippen LogP contribution in [0.1, 0.15) is 55.6 Å². The van der Waals surface area contributed by atoms with Crippen LogP contribution >= 0.6 is 0 Å². The summed E-state index contributed by atoms with van der Waals surface area (Å²) in [6.45, 7) is 33.8. The predicted octanol–water partition coefficient (Wildman–Crippen LogP) is 7.34. The van der Waals surface area contributed by atoms with Gasteiger partial charge in [0.15, 0.2) is 0 Å². The molecule has 0 saturated carbocycles. The van der Waals surface area contributed by atoms with Gasteiger partial charge in [-0.15, -0.1) is 13.1 Å². The molecule has 0 radical (unpaired) electrons. The standard InChI is InChI=1S/2C10H15.C4H10Si.Th/c2*1-6-7(2)9(4)10(5)8(6)3;1-5(2,3)4;/h2*1-5H3;1-2H2,3-4H3;/q-5;-1;-2;. The van der Waals surface area contributed by atoms with Gasteiger partial charge < -0.3 is 40.9 Å². The molecule has 0 aromatic heterocycles. The monoisotopic (exact) mass is 588 g/mol. The van der Waals surface area contributed by atoms with Gasteiger partial charge in [-0.3, -0.25) is 8.07 Å². The van der Waals surface area contributed by atoms with Crippen molar-refractivity contribution in [2.24, 2.45) is 0 Å². The Morgan fingerprint density at radius 2 is 0.731 bits per heavy atom. The summed E-state index contributed by atoms with van der Waals surface area (Å²) in [5, 5.41) is 0. The van der Waals surface area contributed by atoms with E-state index in [0.717, 1.165) is 0 Å². The third-order valence-electron chi connectivity index (χ3n) is 5.62. The molecule has 0 aliphatic carbocycles. The maximum Gasteiger partial charge on any atom is 0 e. The van der Waals surface area contributed by atoms with Crippen LogP contribution in [0, 0.1) is 122 Å². The van der Waals surface area contributed by atoms with E-state index in [1.54, 1.807) is 0 Å². The SMILES string of the molecule is C[c-]1[c-](C)[c-](C)[c-](C)[c-]1C.Cc1c(C)c(C)[c-](C)c1C.[CH2-][Si]([CH2-])(C)C.[Th]. The fraction of sp³-hybridized carbons (Fsp3) is 0.500. The van der Waals surface area contributed by atoms with Crippen molar-refractivity contribution in [1.82, 2.24) is 0 Å². The Hall–Kier alpha value is 0.242. The molecule has 0 aliphatic rings. The van der Waals surface area contributed by atoms with Gasteiger partial charge in [0.25, 0.3) is 0 Å². The topological polar surface area (TPSA) is 0 Å². The first-order chi connectivity index (χ1) is 11.1. The third kappa shape index (κ3) is 8.09. The molecule has 0 saturated heterocycles. The van der Waals surface area contributed by atoms with E-state index >= 15 is 0 Å². The minimum Gasteiger partial charge on any atom is -0.731 e. The second-order valence-corrected chi connectivity index (χ2v) is 12.7. The van der Waals surface area contributed by atoms with Crippen molar-refractivity contribution in [3.8, 4) is 0 Å². The second-order valence-electron chi connectivity index (χ2n) is 8.41. The fourth-order valence-electron chi connectivity index (χ4n) is 2.81. The summed E-state index contributed by atoms with van der Waals surface area (Å²) >= 11 is 0. The van der Waals surface area contributed by atoms with Gasteiger partial charge in [0.2, 0.25) is 0 Å². The Kier molecular flexibility index (Phi) is 12.4. The van der Waals surface area contributed by atoms with Crippen molar-refractivity contribution in [3.63, 3.8) is 0 Å². The molecule has 26 heavy (non-hydrogen) atoms. The van der Waals surface area contributed by atoms with Gasteiger partial charge in [-0.25, -0.2) is 34.6 Å². The smallest absolute Gasteiger partial charge is 0 e. The summed E-state index contributed by atoms with van der Waals surface area (Å²) in [5.41, 5.74) is 14.7. The van der Waals surface area contributed by atoms with E-state index in [-0.39, 0.29) is 39.9 Å². The van der Waals surface area contributed by atoms with E-state index in [1.807, 2.05) is 0 Å². The minimum atomic E-state index is -1.11. The van der Waals surface area contributed by atoms with E-state index in [9.17, 15) is 0 Å². The Bertz CT molecular complexity index is 483. The van der Waals surface area contributed by atoms with Crippen molar-refractivity contribution in [1.29, 1.82) is 0 Å². The summed E-state index contributed by atoms with van der Waals surface area (Å²) in [5.74, 6) is 0. The Morgan fingerprint density at radius 3 is 0.808 bits per heavy atom. The molecule has 0 atom stereocenters. The molecule has 0 N–H and O–H groups in total. The van der Waals surface area contributed by atoms with Crippen LogP contribution < -0.4 is 0 Å². The molecule has 2 aromatic rings. The average molecular weight is 589 g/mol. The minimum absolute atomic E-state index is 0. The average Bonchev–Trinajstić information content (AvgIpc) is 2.77.